The van der Waals surface area contributed by atoms with Gasteiger partial charge in [-0.1, -0.05) is 23.7 Å². The van der Waals surface area contributed by atoms with Crippen LogP contribution in [0.4, 0.5) is 15.8 Å². The number of piperazine rings is 1. The van der Waals surface area contributed by atoms with Gasteiger partial charge in [0.1, 0.15) is 5.82 Å². The van der Waals surface area contributed by atoms with E-state index in [2.05, 4.69) is 4.90 Å². The Labute approximate surface area is 229 Å². The third-order valence-corrected chi connectivity index (χ3v) is 7.27. The number of esters is 1. The lowest BCUT2D eigenvalue weighted by Gasteiger charge is -2.38. The molecule has 0 aliphatic carbocycles. The highest BCUT2D eigenvalue weighted by atomic mass is 35.5. The molecule has 200 valence electrons. The van der Waals surface area contributed by atoms with E-state index in [-0.39, 0.29) is 40.2 Å². The number of hydrogen-bond acceptors (Lipinski definition) is 7. The number of ether oxygens (including phenoxy) is 1. The Balaban J connectivity index is 1.17. The average Bonchev–Trinajstić information content (AvgIpc) is 3.25. The zero-order valence-corrected chi connectivity index (χ0v) is 21.6. The smallest absolute Gasteiger partial charge is 0.338 e. The molecule has 2 fully saturated rings. The molecule has 0 bridgehead atoms. The van der Waals surface area contributed by atoms with Gasteiger partial charge in [-0.25, -0.2) is 14.1 Å². The molecule has 2 heterocycles. The van der Waals surface area contributed by atoms with Crippen LogP contribution in [0.5, 0.6) is 0 Å². The maximum absolute atomic E-state index is 13.2. The first-order valence-electron chi connectivity index (χ1n) is 12.5. The Morgan fingerprint density at radius 3 is 2.18 bits per heavy atom. The van der Waals surface area contributed by atoms with Crippen molar-refractivity contribution in [3.05, 3.63) is 94.8 Å². The summed E-state index contributed by atoms with van der Waals surface area (Å²) >= 11 is 6.01. The van der Waals surface area contributed by atoms with E-state index in [1.54, 1.807) is 36.4 Å². The van der Waals surface area contributed by atoms with Crippen LogP contribution in [0.1, 0.15) is 27.1 Å². The van der Waals surface area contributed by atoms with Crippen molar-refractivity contribution in [3.8, 4) is 0 Å². The zero-order valence-electron chi connectivity index (χ0n) is 20.9. The molecule has 8 nitrogen and oxygen atoms in total. The van der Waals surface area contributed by atoms with Crippen molar-refractivity contribution in [1.82, 2.24) is 4.90 Å². The quantitative estimate of drug-likeness (QED) is 0.250. The number of benzene rings is 3. The van der Waals surface area contributed by atoms with Crippen molar-refractivity contribution < 1.29 is 28.3 Å². The van der Waals surface area contributed by atoms with Crippen LogP contribution >= 0.6 is 11.6 Å². The molecule has 5 rings (SSSR count). The van der Waals surface area contributed by atoms with Crippen LogP contribution < -0.4 is 9.80 Å². The molecule has 0 N–H and O–H groups in total. The van der Waals surface area contributed by atoms with E-state index in [0.717, 1.165) is 10.6 Å². The molecule has 0 spiro atoms. The Hall–Kier alpha value is -4.08. The van der Waals surface area contributed by atoms with Gasteiger partial charge in [-0.15, -0.1) is 0 Å². The highest BCUT2D eigenvalue weighted by Gasteiger charge is 2.43. The largest absolute Gasteiger partial charge is 0.454 e. The molecule has 2 aliphatic heterocycles. The van der Waals surface area contributed by atoms with Crippen LogP contribution in [0.3, 0.4) is 0 Å². The molecule has 0 aromatic heterocycles. The van der Waals surface area contributed by atoms with E-state index in [1.165, 1.54) is 36.4 Å². The van der Waals surface area contributed by atoms with Crippen LogP contribution in [0, 0.1) is 5.82 Å². The SMILES string of the molecule is O=C(OCC(=O)c1ccccc1Cl)c1ccc(N2C(=O)CC(N3CCN(c4ccc(F)cc4)CC3)C2=O)cc1. The van der Waals surface area contributed by atoms with Crippen molar-refractivity contribution in [2.75, 3.05) is 42.6 Å². The Bertz CT molecular complexity index is 1410. The summed E-state index contributed by atoms with van der Waals surface area (Å²) in [5.41, 5.74) is 1.72. The van der Waals surface area contributed by atoms with Gasteiger partial charge in [0, 0.05) is 37.4 Å². The third-order valence-electron chi connectivity index (χ3n) is 6.94. The van der Waals surface area contributed by atoms with Crippen LogP contribution in [-0.4, -0.2) is 67.3 Å². The van der Waals surface area contributed by atoms with Gasteiger partial charge in [0.2, 0.25) is 11.7 Å². The maximum Gasteiger partial charge on any atom is 0.338 e. The number of nitrogens with zero attached hydrogens (tertiary/aromatic N) is 3. The van der Waals surface area contributed by atoms with Gasteiger partial charge in [-0.3, -0.25) is 19.3 Å². The van der Waals surface area contributed by atoms with Gasteiger partial charge in [0.25, 0.3) is 5.91 Å². The topological polar surface area (TPSA) is 87.2 Å². The lowest BCUT2D eigenvalue weighted by atomic mass is 10.1. The monoisotopic (exact) mass is 549 g/mol. The number of carbonyl (C=O) groups excluding carboxylic acids is 4. The number of halogens is 2. The Kier molecular flexibility index (Phi) is 7.72. The molecule has 39 heavy (non-hydrogen) atoms. The first-order chi connectivity index (χ1) is 18.8. The number of imide groups is 1. The van der Waals surface area contributed by atoms with Crippen LogP contribution in [0.15, 0.2) is 72.8 Å². The Morgan fingerprint density at radius 1 is 0.872 bits per heavy atom. The molecule has 0 saturated carbocycles. The normalized spacial score (nSPS) is 17.9. The number of hydrogen-bond donors (Lipinski definition) is 0. The van der Waals surface area contributed by atoms with Crippen LogP contribution in [0.25, 0.3) is 0 Å². The standard InChI is InChI=1S/C29H25ClFN3O5/c30-24-4-2-1-3-23(24)26(35)18-39-29(38)19-5-9-22(10-6-19)34-27(36)17-25(28(34)37)33-15-13-32(14-16-33)21-11-7-20(31)8-12-21/h1-12,25H,13-18H2. The van der Waals surface area contributed by atoms with Crippen molar-refractivity contribution in [2.24, 2.45) is 0 Å². The predicted octanol–water partition coefficient (Wildman–Crippen LogP) is 3.97. The molecule has 1 atom stereocenters. The molecule has 3 aromatic carbocycles. The predicted molar refractivity (Wildman–Crippen MR) is 144 cm³/mol. The second-order valence-corrected chi connectivity index (χ2v) is 9.72. The van der Waals surface area contributed by atoms with E-state index in [9.17, 15) is 23.6 Å². The second-order valence-electron chi connectivity index (χ2n) is 9.31. The van der Waals surface area contributed by atoms with E-state index in [4.69, 9.17) is 16.3 Å². The minimum Gasteiger partial charge on any atom is -0.454 e. The molecular weight excluding hydrogens is 525 g/mol. The fourth-order valence-electron chi connectivity index (χ4n) is 4.84. The van der Waals surface area contributed by atoms with E-state index >= 15 is 0 Å². The van der Waals surface area contributed by atoms with E-state index < -0.39 is 24.4 Å². The number of anilines is 2. The minimum atomic E-state index is -0.710. The van der Waals surface area contributed by atoms with Crippen molar-refractivity contribution in [1.29, 1.82) is 0 Å². The second kappa shape index (κ2) is 11.3. The highest BCUT2D eigenvalue weighted by molar-refractivity contribution is 6.34. The molecule has 2 amide bonds. The molecular formula is C29H25ClFN3O5. The number of ketones is 1. The summed E-state index contributed by atoms with van der Waals surface area (Å²) in [7, 11) is 0. The summed E-state index contributed by atoms with van der Waals surface area (Å²) in [5, 5.41) is 0.274. The summed E-state index contributed by atoms with van der Waals surface area (Å²) in [6, 6.07) is 18.2. The molecule has 10 heteroatoms. The number of rotatable bonds is 7. The summed E-state index contributed by atoms with van der Waals surface area (Å²) in [6.07, 6.45) is 0.0727. The average molecular weight is 550 g/mol. The van der Waals surface area contributed by atoms with E-state index in [0.29, 0.717) is 31.9 Å². The summed E-state index contributed by atoms with van der Waals surface area (Å²) in [4.78, 5) is 56.1. The fraction of sp³-hybridized carbons (Fsp3) is 0.241. The molecule has 0 radical (unpaired) electrons. The minimum absolute atomic E-state index is 0.0727. The summed E-state index contributed by atoms with van der Waals surface area (Å²) in [6.45, 7) is 2.02. The van der Waals surface area contributed by atoms with Gasteiger partial charge in [0.05, 0.1) is 28.7 Å². The highest BCUT2D eigenvalue weighted by Crippen LogP contribution is 2.28. The van der Waals surface area contributed by atoms with Gasteiger partial charge >= 0.3 is 5.97 Å². The molecule has 2 aliphatic rings. The molecule has 3 aromatic rings. The van der Waals surface area contributed by atoms with Crippen molar-refractivity contribution >= 4 is 46.5 Å². The number of amides is 2. The number of Topliss-reactive ketones (excluding diaryl/α,β-unsaturated/α-hetero) is 1. The first kappa shape index (κ1) is 26.5. The van der Waals surface area contributed by atoms with Gasteiger partial charge in [0.15, 0.2) is 6.61 Å². The number of carbonyl (C=O) groups is 4. The zero-order chi connectivity index (χ0) is 27.5. The fourth-order valence-corrected chi connectivity index (χ4v) is 5.08. The van der Waals surface area contributed by atoms with Gasteiger partial charge in [-0.2, -0.15) is 0 Å². The first-order valence-corrected chi connectivity index (χ1v) is 12.9. The third kappa shape index (κ3) is 5.69. The summed E-state index contributed by atoms with van der Waals surface area (Å²) < 4.78 is 18.4. The molecule has 2 saturated heterocycles. The van der Waals surface area contributed by atoms with Crippen LogP contribution in [-0.2, 0) is 14.3 Å². The van der Waals surface area contributed by atoms with E-state index in [1.807, 2.05) is 4.90 Å². The lowest BCUT2D eigenvalue weighted by Crippen LogP contribution is -2.52. The molecule has 1 unspecified atom stereocenters. The Morgan fingerprint density at radius 2 is 1.51 bits per heavy atom. The maximum atomic E-state index is 13.2. The van der Waals surface area contributed by atoms with Crippen LogP contribution in [0.2, 0.25) is 5.02 Å². The van der Waals surface area contributed by atoms with Gasteiger partial charge < -0.3 is 9.64 Å². The van der Waals surface area contributed by atoms with Crippen molar-refractivity contribution in [3.63, 3.8) is 0 Å². The lowest BCUT2D eigenvalue weighted by molar-refractivity contribution is -0.123. The summed E-state index contributed by atoms with van der Waals surface area (Å²) in [5.74, 6) is -2.05. The van der Waals surface area contributed by atoms with Gasteiger partial charge in [-0.05, 0) is 60.7 Å². The van der Waals surface area contributed by atoms with Crippen molar-refractivity contribution in [2.45, 2.75) is 12.5 Å².